The van der Waals surface area contributed by atoms with Crippen LogP contribution in [0.4, 0.5) is 0 Å². The van der Waals surface area contributed by atoms with Crippen LogP contribution in [0.5, 0.6) is 0 Å². The molecule has 2 fully saturated rings. The van der Waals surface area contributed by atoms with Crippen molar-refractivity contribution in [3.8, 4) is 0 Å². The minimum absolute atomic E-state index is 0.00148. The van der Waals surface area contributed by atoms with Gasteiger partial charge >= 0.3 is 0 Å². The SMILES string of the molecule is C=CC(=O)NC1(C2CC2)CCC1. The van der Waals surface area contributed by atoms with Crippen LogP contribution in [0, 0.1) is 5.92 Å². The molecule has 0 heterocycles. The van der Waals surface area contributed by atoms with Gasteiger partial charge in [0, 0.05) is 5.54 Å². The molecule has 2 aliphatic rings. The second-order valence-electron chi connectivity index (χ2n) is 3.98. The van der Waals surface area contributed by atoms with Gasteiger partial charge in [-0.05, 0) is 44.1 Å². The third-order valence-corrected chi connectivity index (χ3v) is 3.16. The van der Waals surface area contributed by atoms with Crippen molar-refractivity contribution in [2.45, 2.75) is 37.6 Å². The smallest absolute Gasteiger partial charge is 0.243 e. The van der Waals surface area contributed by atoms with Crippen LogP contribution >= 0.6 is 0 Å². The fraction of sp³-hybridized carbons (Fsp3) is 0.700. The summed E-state index contributed by atoms with van der Waals surface area (Å²) in [5.41, 5.74) is 0.186. The molecule has 0 saturated heterocycles. The van der Waals surface area contributed by atoms with Crippen LogP contribution in [-0.4, -0.2) is 11.4 Å². The van der Waals surface area contributed by atoms with Crippen molar-refractivity contribution >= 4 is 5.91 Å². The van der Waals surface area contributed by atoms with E-state index in [0.29, 0.717) is 0 Å². The summed E-state index contributed by atoms with van der Waals surface area (Å²) in [5, 5.41) is 3.08. The first-order valence-corrected chi connectivity index (χ1v) is 4.71. The summed E-state index contributed by atoms with van der Waals surface area (Å²) in [5.74, 6) is 0.775. The first kappa shape index (κ1) is 7.84. The lowest BCUT2D eigenvalue weighted by molar-refractivity contribution is -0.119. The van der Waals surface area contributed by atoms with Gasteiger partial charge in [0.25, 0.3) is 0 Å². The van der Waals surface area contributed by atoms with E-state index in [0.717, 1.165) is 5.92 Å². The normalized spacial score (nSPS) is 25.7. The zero-order valence-electron chi connectivity index (χ0n) is 7.31. The fourth-order valence-electron chi connectivity index (χ4n) is 2.13. The van der Waals surface area contributed by atoms with Crippen LogP contribution in [0.2, 0.25) is 0 Å². The van der Waals surface area contributed by atoms with Crippen molar-refractivity contribution in [3.05, 3.63) is 12.7 Å². The molecule has 0 aliphatic heterocycles. The van der Waals surface area contributed by atoms with Crippen molar-refractivity contribution in [1.29, 1.82) is 0 Å². The van der Waals surface area contributed by atoms with Crippen molar-refractivity contribution in [2.24, 2.45) is 5.92 Å². The second-order valence-corrected chi connectivity index (χ2v) is 3.98. The molecule has 0 aromatic carbocycles. The molecule has 2 rings (SSSR count). The summed E-state index contributed by atoms with van der Waals surface area (Å²) in [4.78, 5) is 11.1. The number of carbonyl (C=O) groups is 1. The largest absolute Gasteiger partial charge is 0.347 e. The van der Waals surface area contributed by atoms with E-state index >= 15 is 0 Å². The van der Waals surface area contributed by atoms with E-state index in [1.807, 2.05) is 0 Å². The molecule has 2 heteroatoms. The molecule has 0 radical (unpaired) electrons. The van der Waals surface area contributed by atoms with Crippen LogP contribution in [-0.2, 0) is 4.79 Å². The average molecular weight is 165 g/mol. The van der Waals surface area contributed by atoms with E-state index in [2.05, 4.69) is 11.9 Å². The molecule has 0 spiro atoms. The maximum absolute atomic E-state index is 11.1. The Balaban J connectivity index is 1.97. The lowest BCUT2D eigenvalue weighted by Gasteiger charge is -2.43. The standard InChI is InChI=1S/C10H15NO/c1-2-9(12)11-10(6-3-7-10)8-4-5-8/h2,8H,1,3-7H2,(H,11,12). The van der Waals surface area contributed by atoms with Crippen LogP contribution in [0.1, 0.15) is 32.1 Å². The van der Waals surface area contributed by atoms with Crippen LogP contribution < -0.4 is 5.32 Å². The summed E-state index contributed by atoms with van der Waals surface area (Å²) < 4.78 is 0. The van der Waals surface area contributed by atoms with Gasteiger partial charge in [0.15, 0.2) is 0 Å². The second kappa shape index (κ2) is 2.61. The maximum atomic E-state index is 11.1. The van der Waals surface area contributed by atoms with Gasteiger partial charge in [-0.25, -0.2) is 0 Å². The molecule has 1 amide bonds. The van der Waals surface area contributed by atoms with Gasteiger partial charge in [-0.2, -0.15) is 0 Å². The Morgan fingerprint density at radius 3 is 2.50 bits per heavy atom. The Labute approximate surface area is 73.0 Å². The van der Waals surface area contributed by atoms with Gasteiger partial charge in [0.05, 0.1) is 0 Å². The van der Waals surface area contributed by atoms with Gasteiger partial charge in [-0.3, -0.25) is 4.79 Å². The minimum Gasteiger partial charge on any atom is -0.347 e. The third kappa shape index (κ3) is 1.15. The Hall–Kier alpha value is -0.790. The first-order valence-electron chi connectivity index (χ1n) is 4.71. The molecule has 0 atom stereocenters. The summed E-state index contributed by atoms with van der Waals surface area (Å²) in [6, 6.07) is 0. The average Bonchev–Trinajstić information content (AvgIpc) is 2.79. The van der Waals surface area contributed by atoms with E-state index in [9.17, 15) is 4.79 Å². The number of amides is 1. The highest BCUT2D eigenvalue weighted by Crippen LogP contribution is 2.50. The maximum Gasteiger partial charge on any atom is 0.243 e. The molecule has 2 saturated carbocycles. The zero-order valence-corrected chi connectivity index (χ0v) is 7.31. The van der Waals surface area contributed by atoms with Gasteiger partial charge in [-0.1, -0.05) is 6.58 Å². The monoisotopic (exact) mass is 165 g/mol. The predicted molar refractivity (Wildman–Crippen MR) is 47.6 cm³/mol. The predicted octanol–water partition coefficient (Wildman–Crippen LogP) is 1.62. The Kier molecular flexibility index (Phi) is 1.71. The molecular formula is C10H15NO. The van der Waals surface area contributed by atoms with E-state index in [1.54, 1.807) is 0 Å². The van der Waals surface area contributed by atoms with Gasteiger partial charge in [-0.15, -0.1) is 0 Å². The molecule has 0 aromatic rings. The van der Waals surface area contributed by atoms with Crippen LogP contribution in [0.15, 0.2) is 12.7 Å². The lowest BCUT2D eigenvalue weighted by Crippen LogP contribution is -2.54. The molecule has 66 valence electrons. The highest BCUT2D eigenvalue weighted by molar-refractivity contribution is 5.87. The Morgan fingerprint density at radius 1 is 1.50 bits per heavy atom. The van der Waals surface area contributed by atoms with Gasteiger partial charge in [0.2, 0.25) is 5.91 Å². The number of carbonyl (C=O) groups excluding carboxylic acids is 1. The number of hydrogen-bond acceptors (Lipinski definition) is 1. The fourth-order valence-corrected chi connectivity index (χ4v) is 2.13. The molecule has 0 bridgehead atoms. The summed E-state index contributed by atoms with van der Waals surface area (Å²) >= 11 is 0. The van der Waals surface area contributed by atoms with E-state index in [4.69, 9.17) is 0 Å². The lowest BCUT2D eigenvalue weighted by atomic mass is 9.73. The molecule has 2 aliphatic carbocycles. The quantitative estimate of drug-likeness (QED) is 0.633. The molecular weight excluding hydrogens is 150 g/mol. The number of nitrogens with one attached hydrogen (secondary N) is 1. The molecule has 0 unspecified atom stereocenters. The van der Waals surface area contributed by atoms with E-state index in [1.165, 1.54) is 38.2 Å². The molecule has 0 aromatic heterocycles. The van der Waals surface area contributed by atoms with E-state index in [-0.39, 0.29) is 11.4 Å². The third-order valence-electron chi connectivity index (χ3n) is 3.16. The number of hydrogen-bond donors (Lipinski definition) is 1. The summed E-state index contributed by atoms with van der Waals surface area (Å²) in [6.07, 6.45) is 7.61. The van der Waals surface area contributed by atoms with Crippen LogP contribution in [0.25, 0.3) is 0 Å². The molecule has 2 nitrogen and oxygen atoms in total. The topological polar surface area (TPSA) is 29.1 Å². The van der Waals surface area contributed by atoms with Crippen molar-refractivity contribution in [1.82, 2.24) is 5.32 Å². The minimum atomic E-state index is 0.00148. The zero-order chi connectivity index (χ0) is 8.60. The first-order chi connectivity index (χ1) is 5.77. The van der Waals surface area contributed by atoms with Gasteiger partial charge < -0.3 is 5.32 Å². The highest BCUT2D eigenvalue weighted by atomic mass is 16.1. The molecule has 1 N–H and O–H groups in total. The summed E-state index contributed by atoms with van der Waals surface area (Å²) in [6.45, 7) is 3.47. The molecule has 12 heavy (non-hydrogen) atoms. The van der Waals surface area contributed by atoms with Crippen LogP contribution in [0.3, 0.4) is 0 Å². The van der Waals surface area contributed by atoms with E-state index < -0.39 is 0 Å². The number of rotatable bonds is 3. The summed E-state index contributed by atoms with van der Waals surface area (Å²) in [7, 11) is 0. The Morgan fingerprint density at radius 2 is 2.17 bits per heavy atom. The van der Waals surface area contributed by atoms with Crippen molar-refractivity contribution in [2.75, 3.05) is 0 Å². The van der Waals surface area contributed by atoms with Crippen molar-refractivity contribution < 1.29 is 4.79 Å². The highest BCUT2D eigenvalue weighted by Gasteiger charge is 2.49. The Bertz CT molecular complexity index is 214. The van der Waals surface area contributed by atoms with Gasteiger partial charge in [0.1, 0.15) is 0 Å². The van der Waals surface area contributed by atoms with Crippen molar-refractivity contribution in [3.63, 3.8) is 0 Å².